The Labute approximate surface area is 185 Å². The SMILES string of the molecule is O=C(Nc1ccccc1)c1cc2n(n1)CCCN(C(=O)c1occc1-c1ccccc1)C2. The van der Waals surface area contributed by atoms with Gasteiger partial charge >= 0.3 is 0 Å². The van der Waals surface area contributed by atoms with E-state index in [0.29, 0.717) is 36.8 Å². The number of nitrogens with zero attached hydrogens (tertiary/aromatic N) is 3. The fourth-order valence-corrected chi connectivity index (χ4v) is 3.93. The molecule has 7 heteroatoms. The van der Waals surface area contributed by atoms with Gasteiger partial charge in [0.2, 0.25) is 0 Å². The first-order chi connectivity index (χ1) is 15.7. The number of benzene rings is 2. The molecule has 0 spiro atoms. The van der Waals surface area contributed by atoms with Crippen LogP contribution in [-0.2, 0) is 13.1 Å². The summed E-state index contributed by atoms with van der Waals surface area (Å²) < 4.78 is 7.41. The van der Waals surface area contributed by atoms with Crippen LogP contribution in [0.15, 0.2) is 83.5 Å². The van der Waals surface area contributed by atoms with Gasteiger partial charge in [0, 0.05) is 24.3 Å². The van der Waals surface area contributed by atoms with Gasteiger partial charge in [-0.05, 0) is 36.2 Å². The largest absolute Gasteiger partial charge is 0.459 e. The van der Waals surface area contributed by atoms with E-state index in [1.165, 1.54) is 0 Å². The fraction of sp³-hybridized carbons (Fsp3) is 0.160. The van der Waals surface area contributed by atoms with E-state index in [2.05, 4.69) is 10.4 Å². The minimum absolute atomic E-state index is 0.168. The van der Waals surface area contributed by atoms with E-state index in [9.17, 15) is 9.59 Å². The van der Waals surface area contributed by atoms with Gasteiger partial charge < -0.3 is 14.6 Å². The number of rotatable bonds is 4. The zero-order valence-corrected chi connectivity index (χ0v) is 17.4. The highest BCUT2D eigenvalue weighted by molar-refractivity contribution is 6.03. The fourth-order valence-electron chi connectivity index (χ4n) is 3.93. The number of fused-ring (bicyclic) bond motifs is 1. The quantitative estimate of drug-likeness (QED) is 0.523. The summed E-state index contributed by atoms with van der Waals surface area (Å²) in [6, 6.07) is 22.6. The standard InChI is InChI=1S/C25H22N4O3/c30-24(26-19-10-5-2-6-11-19)22-16-20-17-28(13-7-14-29(20)27-22)25(31)23-21(12-15-32-23)18-8-3-1-4-9-18/h1-6,8-12,15-16H,7,13-14,17H2,(H,26,30). The Hall–Kier alpha value is -4.13. The highest BCUT2D eigenvalue weighted by atomic mass is 16.3. The molecule has 1 aliphatic rings. The van der Waals surface area contributed by atoms with Crippen LogP contribution in [0.3, 0.4) is 0 Å². The molecule has 5 rings (SSSR count). The van der Waals surface area contributed by atoms with Gasteiger partial charge in [-0.2, -0.15) is 5.10 Å². The third kappa shape index (κ3) is 3.92. The predicted octanol–water partition coefficient (Wildman–Crippen LogP) is 4.44. The number of hydrogen-bond acceptors (Lipinski definition) is 4. The number of nitrogens with one attached hydrogen (secondary N) is 1. The molecule has 32 heavy (non-hydrogen) atoms. The van der Waals surface area contributed by atoms with Crippen LogP contribution >= 0.6 is 0 Å². The number of furan rings is 1. The summed E-state index contributed by atoms with van der Waals surface area (Å²) in [5, 5.41) is 7.33. The molecule has 0 fully saturated rings. The summed E-state index contributed by atoms with van der Waals surface area (Å²) in [7, 11) is 0. The van der Waals surface area contributed by atoms with Crippen molar-refractivity contribution in [3.63, 3.8) is 0 Å². The number of hydrogen-bond donors (Lipinski definition) is 1. The Morgan fingerprint density at radius 3 is 2.47 bits per heavy atom. The first-order valence-electron chi connectivity index (χ1n) is 10.5. The van der Waals surface area contributed by atoms with Crippen molar-refractivity contribution in [2.45, 2.75) is 19.5 Å². The molecule has 0 radical (unpaired) electrons. The van der Waals surface area contributed by atoms with Gasteiger partial charge in [-0.1, -0.05) is 48.5 Å². The molecule has 160 valence electrons. The van der Waals surface area contributed by atoms with Crippen molar-refractivity contribution >= 4 is 17.5 Å². The van der Waals surface area contributed by atoms with Crippen LogP contribution in [0.25, 0.3) is 11.1 Å². The molecule has 0 atom stereocenters. The Balaban J connectivity index is 1.36. The Kier molecular flexibility index (Phi) is 5.29. The maximum absolute atomic E-state index is 13.3. The number of para-hydroxylation sites is 1. The summed E-state index contributed by atoms with van der Waals surface area (Å²) in [6.45, 7) is 1.59. The van der Waals surface area contributed by atoms with E-state index in [-0.39, 0.29) is 11.8 Å². The summed E-state index contributed by atoms with van der Waals surface area (Å²) in [6.07, 6.45) is 2.28. The van der Waals surface area contributed by atoms with E-state index in [4.69, 9.17) is 4.42 Å². The van der Waals surface area contributed by atoms with E-state index in [0.717, 1.165) is 23.2 Å². The number of amides is 2. The summed E-state index contributed by atoms with van der Waals surface area (Å²) in [5.74, 6) is -0.114. The minimum atomic E-state index is -0.271. The highest BCUT2D eigenvalue weighted by Gasteiger charge is 2.27. The van der Waals surface area contributed by atoms with Gasteiger partial charge in [-0.25, -0.2) is 0 Å². The van der Waals surface area contributed by atoms with Gasteiger partial charge in [0.25, 0.3) is 11.8 Å². The molecule has 7 nitrogen and oxygen atoms in total. The van der Waals surface area contributed by atoms with Crippen molar-refractivity contribution in [1.82, 2.24) is 14.7 Å². The monoisotopic (exact) mass is 426 g/mol. The maximum Gasteiger partial charge on any atom is 0.290 e. The second-order valence-electron chi connectivity index (χ2n) is 7.67. The molecule has 0 saturated carbocycles. The lowest BCUT2D eigenvalue weighted by atomic mass is 10.1. The number of carbonyl (C=O) groups is 2. The number of carbonyl (C=O) groups excluding carboxylic acids is 2. The average molecular weight is 426 g/mol. The smallest absolute Gasteiger partial charge is 0.290 e. The van der Waals surface area contributed by atoms with Gasteiger partial charge in [-0.15, -0.1) is 0 Å². The van der Waals surface area contributed by atoms with Crippen LogP contribution < -0.4 is 5.32 Å². The zero-order valence-electron chi connectivity index (χ0n) is 17.4. The van der Waals surface area contributed by atoms with Crippen LogP contribution in [0, 0.1) is 0 Å². The van der Waals surface area contributed by atoms with Crippen LogP contribution in [0.2, 0.25) is 0 Å². The normalized spacial score (nSPS) is 13.3. The Morgan fingerprint density at radius 1 is 0.938 bits per heavy atom. The molecule has 2 amide bonds. The maximum atomic E-state index is 13.3. The third-order valence-electron chi connectivity index (χ3n) is 5.51. The van der Waals surface area contributed by atoms with E-state index in [1.807, 2.05) is 71.4 Å². The van der Waals surface area contributed by atoms with Crippen molar-refractivity contribution in [1.29, 1.82) is 0 Å². The molecule has 2 aromatic heterocycles. The second kappa shape index (κ2) is 8.55. The number of aromatic nitrogens is 2. The first kappa shape index (κ1) is 19.8. The van der Waals surface area contributed by atoms with Crippen LogP contribution in [0.5, 0.6) is 0 Å². The lowest BCUT2D eigenvalue weighted by molar-refractivity contribution is 0.0714. The average Bonchev–Trinajstić information content (AvgIpc) is 3.43. The number of anilines is 1. The van der Waals surface area contributed by atoms with Crippen LogP contribution in [-0.4, -0.2) is 33.0 Å². The Morgan fingerprint density at radius 2 is 1.69 bits per heavy atom. The molecular weight excluding hydrogens is 404 g/mol. The molecule has 4 aromatic rings. The lowest BCUT2D eigenvalue weighted by Crippen LogP contribution is -2.30. The van der Waals surface area contributed by atoms with Crippen molar-refractivity contribution in [2.75, 3.05) is 11.9 Å². The zero-order chi connectivity index (χ0) is 21.9. The molecular formula is C25H22N4O3. The van der Waals surface area contributed by atoms with Gasteiger partial charge in [-0.3, -0.25) is 14.3 Å². The van der Waals surface area contributed by atoms with Crippen molar-refractivity contribution in [3.8, 4) is 11.1 Å². The molecule has 2 aromatic carbocycles. The molecule has 0 aliphatic carbocycles. The summed E-state index contributed by atoms with van der Waals surface area (Å²) in [4.78, 5) is 27.7. The van der Waals surface area contributed by atoms with Crippen molar-refractivity contribution in [2.24, 2.45) is 0 Å². The molecule has 0 bridgehead atoms. The summed E-state index contributed by atoms with van der Waals surface area (Å²) >= 11 is 0. The first-order valence-corrected chi connectivity index (χ1v) is 10.5. The van der Waals surface area contributed by atoms with E-state index < -0.39 is 0 Å². The Bertz CT molecular complexity index is 1240. The highest BCUT2D eigenvalue weighted by Crippen LogP contribution is 2.27. The van der Waals surface area contributed by atoms with Crippen molar-refractivity contribution < 1.29 is 14.0 Å². The topological polar surface area (TPSA) is 80.4 Å². The van der Waals surface area contributed by atoms with E-state index in [1.54, 1.807) is 17.2 Å². The molecule has 1 aliphatic heterocycles. The van der Waals surface area contributed by atoms with Gasteiger partial charge in [0.1, 0.15) is 0 Å². The minimum Gasteiger partial charge on any atom is -0.459 e. The van der Waals surface area contributed by atoms with Crippen LogP contribution in [0.4, 0.5) is 5.69 Å². The predicted molar refractivity (Wildman–Crippen MR) is 120 cm³/mol. The lowest BCUT2D eigenvalue weighted by Gasteiger charge is -2.19. The molecule has 0 unspecified atom stereocenters. The third-order valence-corrected chi connectivity index (χ3v) is 5.51. The second-order valence-corrected chi connectivity index (χ2v) is 7.67. The van der Waals surface area contributed by atoms with E-state index >= 15 is 0 Å². The molecule has 1 N–H and O–H groups in total. The van der Waals surface area contributed by atoms with Gasteiger partial charge in [0.15, 0.2) is 11.5 Å². The molecule has 3 heterocycles. The molecule has 0 saturated heterocycles. The van der Waals surface area contributed by atoms with Gasteiger partial charge in [0.05, 0.1) is 18.5 Å². The number of aryl methyl sites for hydroxylation is 1. The van der Waals surface area contributed by atoms with Crippen molar-refractivity contribution in [3.05, 3.63) is 96.2 Å². The summed E-state index contributed by atoms with van der Waals surface area (Å²) in [5.41, 5.74) is 3.58. The van der Waals surface area contributed by atoms with Crippen LogP contribution in [0.1, 0.15) is 33.2 Å².